The van der Waals surface area contributed by atoms with Gasteiger partial charge < -0.3 is 11.1 Å². The minimum atomic E-state index is -0.413. The fourth-order valence-corrected chi connectivity index (χ4v) is 2.20. The molecule has 1 amide bonds. The van der Waals surface area contributed by atoms with E-state index in [1.165, 1.54) is 0 Å². The average Bonchev–Trinajstić information content (AvgIpc) is 2.50. The molecule has 0 saturated heterocycles. The minimum absolute atomic E-state index is 0.0950. The average molecular weight is 299 g/mol. The van der Waals surface area contributed by atoms with Gasteiger partial charge >= 0.3 is 0 Å². The van der Waals surface area contributed by atoms with E-state index in [2.05, 4.69) is 15.3 Å². The van der Waals surface area contributed by atoms with Gasteiger partial charge in [0.2, 0.25) is 0 Å². The summed E-state index contributed by atoms with van der Waals surface area (Å²) in [6, 6.07) is 12.3. The van der Waals surface area contributed by atoms with Crippen LogP contribution in [0.15, 0.2) is 48.7 Å². The van der Waals surface area contributed by atoms with Gasteiger partial charge in [-0.2, -0.15) is 0 Å². The van der Waals surface area contributed by atoms with Crippen molar-refractivity contribution in [3.05, 3.63) is 59.4 Å². The highest BCUT2D eigenvalue weighted by molar-refractivity contribution is 6.34. The van der Waals surface area contributed by atoms with Crippen molar-refractivity contribution in [1.29, 1.82) is 0 Å². The zero-order valence-electron chi connectivity index (χ0n) is 10.9. The van der Waals surface area contributed by atoms with Gasteiger partial charge in [-0.05, 0) is 36.4 Å². The van der Waals surface area contributed by atoms with Crippen molar-refractivity contribution in [3.8, 4) is 0 Å². The van der Waals surface area contributed by atoms with E-state index in [-0.39, 0.29) is 16.5 Å². The molecular formula is C15H11ClN4O. The van der Waals surface area contributed by atoms with Crippen LogP contribution in [0.2, 0.25) is 5.02 Å². The lowest BCUT2D eigenvalue weighted by Crippen LogP contribution is -2.15. The van der Waals surface area contributed by atoms with E-state index in [1.807, 2.05) is 24.3 Å². The van der Waals surface area contributed by atoms with E-state index in [9.17, 15) is 4.79 Å². The van der Waals surface area contributed by atoms with E-state index in [0.29, 0.717) is 5.69 Å². The second-order valence-electron chi connectivity index (χ2n) is 4.40. The Labute approximate surface area is 125 Å². The minimum Gasteiger partial charge on any atom is -0.384 e. The molecule has 0 atom stereocenters. The molecular weight excluding hydrogens is 288 g/mol. The van der Waals surface area contributed by atoms with Gasteiger partial charge in [0, 0.05) is 11.6 Å². The van der Waals surface area contributed by atoms with Crippen molar-refractivity contribution < 1.29 is 4.79 Å². The number of benzene rings is 1. The second kappa shape index (κ2) is 5.38. The number of nitrogens with two attached hydrogens (primary N) is 1. The summed E-state index contributed by atoms with van der Waals surface area (Å²) in [4.78, 5) is 20.5. The lowest BCUT2D eigenvalue weighted by atomic mass is 10.2. The highest BCUT2D eigenvalue weighted by Crippen LogP contribution is 2.23. The molecule has 0 saturated carbocycles. The van der Waals surface area contributed by atoms with Crippen molar-refractivity contribution in [2.24, 2.45) is 0 Å². The topological polar surface area (TPSA) is 80.9 Å². The molecule has 0 unspecified atom stereocenters. The van der Waals surface area contributed by atoms with Crippen LogP contribution in [0.1, 0.15) is 10.5 Å². The number of aromatic nitrogens is 2. The van der Waals surface area contributed by atoms with Crippen LogP contribution >= 0.6 is 11.6 Å². The summed E-state index contributed by atoms with van der Waals surface area (Å²) in [5.41, 5.74) is 7.12. The number of pyridine rings is 2. The number of nitrogens with one attached hydrogen (secondary N) is 1. The molecule has 2 heterocycles. The molecule has 1 aromatic carbocycles. The molecule has 5 nitrogen and oxygen atoms in total. The molecule has 3 N–H and O–H groups in total. The SMILES string of the molecule is Nc1ccc(Cl)c(C(=O)Nc2cccc3ncccc23)n1. The van der Waals surface area contributed by atoms with Gasteiger partial charge in [-0.15, -0.1) is 0 Å². The van der Waals surface area contributed by atoms with Gasteiger partial charge in [0.1, 0.15) is 11.5 Å². The Morgan fingerprint density at radius 3 is 2.86 bits per heavy atom. The summed E-state index contributed by atoms with van der Waals surface area (Å²) in [5.74, 6) is -0.173. The van der Waals surface area contributed by atoms with Crippen molar-refractivity contribution in [3.63, 3.8) is 0 Å². The Morgan fingerprint density at radius 1 is 1.14 bits per heavy atom. The summed E-state index contributed by atoms with van der Waals surface area (Å²) in [6.45, 7) is 0. The smallest absolute Gasteiger partial charge is 0.275 e. The third-order valence-corrected chi connectivity index (χ3v) is 3.28. The molecule has 3 rings (SSSR count). The first-order chi connectivity index (χ1) is 10.1. The van der Waals surface area contributed by atoms with Gasteiger partial charge in [0.05, 0.1) is 16.2 Å². The molecule has 6 heteroatoms. The van der Waals surface area contributed by atoms with Crippen LogP contribution < -0.4 is 11.1 Å². The van der Waals surface area contributed by atoms with E-state index >= 15 is 0 Å². The number of nitrogen functional groups attached to an aromatic ring is 1. The molecule has 0 aliphatic heterocycles. The molecule has 2 aromatic heterocycles. The summed E-state index contributed by atoms with van der Waals surface area (Å²) in [6.07, 6.45) is 1.70. The first-order valence-electron chi connectivity index (χ1n) is 6.22. The molecule has 0 aliphatic carbocycles. The monoisotopic (exact) mass is 298 g/mol. The summed E-state index contributed by atoms with van der Waals surface area (Å²) >= 11 is 5.98. The van der Waals surface area contributed by atoms with Crippen LogP contribution in [0.5, 0.6) is 0 Å². The molecule has 0 radical (unpaired) electrons. The largest absolute Gasteiger partial charge is 0.384 e. The zero-order valence-corrected chi connectivity index (χ0v) is 11.6. The number of fused-ring (bicyclic) bond motifs is 1. The Kier molecular flexibility index (Phi) is 3.41. The van der Waals surface area contributed by atoms with Crippen LogP contribution in [0, 0.1) is 0 Å². The number of halogens is 1. The van der Waals surface area contributed by atoms with Gasteiger partial charge in [-0.3, -0.25) is 9.78 Å². The molecule has 21 heavy (non-hydrogen) atoms. The molecule has 0 bridgehead atoms. The fraction of sp³-hybridized carbons (Fsp3) is 0. The zero-order chi connectivity index (χ0) is 14.8. The van der Waals surface area contributed by atoms with Crippen LogP contribution in [0.4, 0.5) is 11.5 Å². The Balaban J connectivity index is 1.99. The molecule has 0 spiro atoms. The van der Waals surface area contributed by atoms with Gasteiger partial charge in [0.15, 0.2) is 0 Å². The number of hydrogen-bond donors (Lipinski definition) is 2. The van der Waals surface area contributed by atoms with Gasteiger partial charge in [0.25, 0.3) is 5.91 Å². The highest BCUT2D eigenvalue weighted by atomic mass is 35.5. The number of rotatable bonds is 2. The van der Waals surface area contributed by atoms with Crippen LogP contribution in [-0.2, 0) is 0 Å². The van der Waals surface area contributed by atoms with E-state index in [4.69, 9.17) is 17.3 Å². The van der Waals surface area contributed by atoms with E-state index in [0.717, 1.165) is 10.9 Å². The number of nitrogens with zero attached hydrogens (tertiary/aromatic N) is 2. The maximum absolute atomic E-state index is 12.3. The Morgan fingerprint density at radius 2 is 2.00 bits per heavy atom. The predicted molar refractivity (Wildman–Crippen MR) is 83.4 cm³/mol. The summed E-state index contributed by atoms with van der Waals surface area (Å²) < 4.78 is 0. The number of carbonyl (C=O) groups is 1. The Bertz CT molecular complexity index is 830. The second-order valence-corrected chi connectivity index (χ2v) is 4.80. The summed E-state index contributed by atoms with van der Waals surface area (Å²) in [5, 5.41) is 3.88. The van der Waals surface area contributed by atoms with Crippen LogP contribution in [-0.4, -0.2) is 15.9 Å². The van der Waals surface area contributed by atoms with Crippen molar-refractivity contribution in [2.45, 2.75) is 0 Å². The number of hydrogen-bond acceptors (Lipinski definition) is 4. The van der Waals surface area contributed by atoms with Crippen molar-refractivity contribution in [2.75, 3.05) is 11.1 Å². The standard InChI is InChI=1S/C15H11ClN4O/c16-10-6-7-13(17)20-14(10)15(21)19-12-5-1-4-11-9(12)3-2-8-18-11/h1-8H,(H2,17,20)(H,19,21). The van der Waals surface area contributed by atoms with E-state index < -0.39 is 5.91 Å². The lowest BCUT2D eigenvalue weighted by molar-refractivity contribution is 0.102. The third kappa shape index (κ3) is 2.64. The molecule has 104 valence electrons. The quantitative estimate of drug-likeness (QED) is 0.761. The summed E-state index contributed by atoms with van der Waals surface area (Å²) in [7, 11) is 0. The van der Waals surface area contributed by atoms with Crippen molar-refractivity contribution >= 4 is 39.9 Å². The van der Waals surface area contributed by atoms with Crippen LogP contribution in [0.3, 0.4) is 0 Å². The highest BCUT2D eigenvalue weighted by Gasteiger charge is 2.14. The number of carbonyl (C=O) groups excluding carboxylic acids is 1. The molecule has 3 aromatic rings. The molecule has 0 fully saturated rings. The van der Waals surface area contributed by atoms with Gasteiger partial charge in [-0.25, -0.2) is 4.98 Å². The number of amides is 1. The third-order valence-electron chi connectivity index (χ3n) is 2.98. The lowest BCUT2D eigenvalue weighted by Gasteiger charge is -2.09. The number of anilines is 2. The first kappa shape index (κ1) is 13.3. The fourth-order valence-electron chi connectivity index (χ4n) is 2.01. The maximum Gasteiger partial charge on any atom is 0.275 e. The van der Waals surface area contributed by atoms with Gasteiger partial charge in [-0.1, -0.05) is 17.7 Å². The van der Waals surface area contributed by atoms with Crippen molar-refractivity contribution in [1.82, 2.24) is 9.97 Å². The maximum atomic E-state index is 12.3. The normalized spacial score (nSPS) is 10.5. The first-order valence-corrected chi connectivity index (χ1v) is 6.60. The Hall–Kier alpha value is -2.66. The van der Waals surface area contributed by atoms with E-state index in [1.54, 1.807) is 24.4 Å². The predicted octanol–water partition coefficient (Wildman–Crippen LogP) is 3.12. The molecule has 0 aliphatic rings. The van der Waals surface area contributed by atoms with Crippen LogP contribution in [0.25, 0.3) is 10.9 Å².